The summed E-state index contributed by atoms with van der Waals surface area (Å²) in [5.41, 5.74) is 0.736. The molecule has 0 radical (unpaired) electrons. The van der Waals surface area contributed by atoms with Gasteiger partial charge in [0.15, 0.2) is 5.69 Å². The molecule has 16 heavy (non-hydrogen) atoms. The Morgan fingerprint density at radius 3 is 3.06 bits per heavy atom. The van der Waals surface area contributed by atoms with Crippen LogP contribution in [0, 0.1) is 5.92 Å². The molecule has 0 spiro atoms. The fourth-order valence-corrected chi connectivity index (χ4v) is 1.59. The van der Waals surface area contributed by atoms with Crippen LogP contribution in [0.1, 0.15) is 35.3 Å². The van der Waals surface area contributed by atoms with Gasteiger partial charge in [-0.1, -0.05) is 18.9 Å². The summed E-state index contributed by atoms with van der Waals surface area (Å²) in [7, 11) is 0. The van der Waals surface area contributed by atoms with Crippen LogP contribution < -0.4 is 0 Å². The van der Waals surface area contributed by atoms with E-state index in [1.54, 1.807) is 12.1 Å². The van der Waals surface area contributed by atoms with E-state index in [4.69, 9.17) is 9.84 Å². The number of hydrogen-bond donors (Lipinski definition) is 1. The molecule has 0 aliphatic heterocycles. The van der Waals surface area contributed by atoms with Gasteiger partial charge in [0.05, 0.1) is 6.61 Å². The van der Waals surface area contributed by atoms with E-state index < -0.39 is 5.97 Å². The molecule has 2 rings (SSSR count). The Morgan fingerprint density at radius 2 is 2.38 bits per heavy atom. The van der Waals surface area contributed by atoms with Gasteiger partial charge in [0.25, 0.3) is 0 Å². The van der Waals surface area contributed by atoms with Crippen LogP contribution in [-0.4, -0.2) is 22.7 Å². The number of pyridine rings is 1. The van der Waals surface area contributed by atoms with Crippen molar-refractivity contribution < 1.29 is 14.6 Å². The normalized spacial score (nSPS) is 15.0. The van der Waals surface area contributed by atoms with Crippen molar-refractivity contribution in [2.45, 2.75) is 25.9 Å². The van der Waals surface area contributed by atoms with Gasteiger partial charge in [-0.15, -0.1) is 0 Å². The van der Waals surface area contributed by atoms with Crippen LogP contribution in [0.3, 0.4) is 0 Å². The van der Waals surface area contributed by atoms with Gasteiger partial charge in [0.1, 0.15) is 0 Å². The summed E-state index contributed by atoms with van der Waals surface area (Å²) in [5.74, 6) is -0.158. The summed E-state index contributed by atoms with van der Waals surface area (Å²) in [5, 5.41) is 8.90. The van der Waals surface area contributed by atoms with Gasteiger partial charge >= 0.3 is 5.97 Å². The first-order chi connectivity index (χ1) is 7.77. The SMILES string of the molecule is O=C(O)c1ncccc1COCCC1CC1. The lowest BCUT2D eigenvalue weighted by molar-refractivity contribution is 0.0679. The molecule has 1 saturated carbocycles. The molecule has 4 heteroatoms. The summed E-state index contributed by atoms with van der Waals surface area (Å²) in [6.07, 6.45) is 5.20. The van der Waals surface area contributed by atoms with E-state index in [2.05, 4.69) is 4.98 Å². The minimum absolute atomic E-state index is 0.0916. The average molecular weight is 221 g/mol. The van der Waals surface area contributed by atoms with Crippen molar-refractivity contribution in [3.05, 3.63) is 29.6 Å². The third-order valence-electron chi connectivity index (χ3n) is 2.72. The van der Waals surface area contributed by atoms with Crippen LogP contribution in [0.2, 0.25) is 0 Å². The lowest BCUT2D eigenvalue weighted by atomic mass is 10.2. The fourth-order valence-electron chi connectivity index (χ4n) is 1.59. The Labute approximate surface area is 94.3 Å². The van der Waals surface area contributed by atoms with Crippen molar-refractivity contribution in [2.75, 3.05) is 6.61 Å². The molecule has 0 unspecified atom stereocenters. The zero-order chi connectivity index (χ0) is 11.4. The number of hydrogen-bond acceptors (Lipinski definition) is 3. The molecular formula is C12H15NO3. The van der Waals surface area contributed by atoms with E-state index in [1.165, 1.54) is 19.0 Å². The van der Waals surface area contributed by atoms with Gasteiger partial charge in [-0.2, -0.15) is 0 Å². The summed E-state index contributed by atoms with van der Waals surface area (Å²) in [4.78, 5) is 14.7. The highest BCUT2D eigenvalue weighted by molar-refractivity contribution is 5.86. The highest BCUT2D eigenvalue weighted by atomic mass is 16.5. The standard InChI is InChI=1S/C12H15NO3/c14-12(15)11-10(2-1-6-13-11)8-16-7-5-9-3-4-9/h1-2,6,9H,3-5,7-8H2,(H,14,15). The smallest absolute Gasteiger partial charge is 0.354 e. The van der Waals surface area contributed by atoms with E-state index in [1.807, 2.05) is 0 Å². The molecule has 1 aliphatic rings. The first kappa shape index (κ1) is 11.1. The Bertz CT molecular complexity index is 374. The van der Waals surface area contributed by atoms with Crippen molar-refractivity contribution >= 4 is 5.97 Å². The largest absolute Gasteiger partial charge is 0.477 e. The molecule has 1 N–H and O–H groups in total. The van der Waals surface area contributed by atoms with Gasteiger partial charge in [-0.25, -0.2) is 9.78 Å². The van der Waals surface area contributed by atoms with Crippen LogP contribution in [0.4, 0.5) is 0 Å². The van der Waals surface area contributed by atoms with E-state index in [0.29, 0.717) is 18.8 Å². The quantitative estimate of drug-likeness (QED) is 0.747. The van der Waals surface area contributed by atoms with Gasteiger partial charge in [-0.05, 0) is 18.4 Å². The van der Waals surface area contributed by atoms with Gasteiger partial charge in [0, 0.05) is 18.4 Å². The van der Waals surface area contributed by atoms with E-state index in [9.17, 15) is 4.79 Å². The molecule has 0 amide bonds. The van der Waals surface area contributed by atoms with Crippen LogP contribution in [0.5, 0.6) is 0 Å². The molecule has 1 fully saturated rings. The van der Waals surface area contributed by atoms with Crippen molar-refractivity contribution in [2.24, 2.45) is 5.92 Å². The van der Waals surface area contributed by atoms with Crippen molar-refractivity contribution in [3.63, 3.8) is 0 Å². The topological polar surface area (TPSA) is 59.4 Å². The predicted molar refractivity (Wildman–Crippen MR) is 58.2 cm³/mol. The maximum Gasteiger partial charge on any atom is 0.354 e. The molecule has 0 aromatic carbocycles. The Hall–Kier alpha value is -1.42. The fraction of sp³-hybridized carbons (Fsp3) is 0.500. The zero-order valence-electron chi connectivity index (χ0n) is 9.06. The summed E-state index contributed by atoms with van der Waals surface area (Å²) in [6.45, 7) is 1.04. The van der Waals surface area contributed by atoms with Gasteiger partial charge < -0.3 is 9.84 Å². The van der Waals surface area contributed by atoms with E-state index in [0.717, 1.165) is 12.3 Å². The average Bonchev–Trinajstić information content (AvgIpc) is 3.08. The molecule has 1 aliphatic carbocycles. The van der Waals surface area contributed by atoms with Crippen molar-refractivity contribution in [1.29, 1.82) is 0 Å². The molecule has 4 nitrogen and oxygen atoms in total. The highest BCUT2D eigenvalue weighted by Gasteiger charge is 2.20. The van der Waals surface area contributed by atoms with Crippen LogP contribution in [-0.2, 0) is 11.3 Å². The number of aromatic carboxylic acids is 1. The number of nitrogens with zero attached hydrogens (tertiary/aromatic N) is 1. The molecule has 1 aromatic heterocycles. The van der Waals surface area contributed by atoms with Gasteiger partial charge in [-0.3, -0.25) is 0 Å². The summed E-state index contributed by atoms with van der Waals surface area (Å²) in [6, 6.07) is 3.47. The lowest BCUT2D eigenvalue weighted by Gasteiger charge is -2.05. The Morgan fingerprint density at radius 1 is 1.56 bits per heavy atom. The maximum absolute atomic E-state index is 10.9. The Balaban J connectivity index is 1.84. The number of aromatic nitrogens is 1. The molecular weight excluding hydrogens is 206 g/mol. The summed E-state index contributed by atoms with van der Waals surface area (Å²) >= 11 is 0. The predicted octanol–water partition coefficient (Wildman–Crippen LogP) is 2.10. The third-order valence-corrected chi connectivity index (χ3v) is 2.72. The molecule has 1 aromatic rings. The molecule has 0 saturated heterocycles. The second-order valence-corrected chi connectivity index (χ2v) is 4.10. The maximum atomic E-state index is 10.9. The van der Waals surface area contributed by atoms with Gasteiger partial charge in [0.2, 0.25) is 0 Å². The van der Waals surface area contributed by atoms with Crippen LogP contribution in [0.25, 0.3) is 0 Å². The number of ether oxygens (including phenoxy) is 1. The zero-order valence-corrected chi connectivity index (χ0v) is 9.06. The van der Waals surface area contributed by atoms with E-state index >= 15 is 0 Å². The second kappa shape index (κ2) is 5.07. The Kier molecular flexibility index (Phi) is 3.51. The van der Waals surface area contributed by atoms with Crippen LogP contribution in [0.15, 0.2) is 18.3 Å². The minimum Gasteiger partial charge on any atom is -0.477 e. The number of carbonyl (C=O) groups is 1. The third kappa shape index (κ3) is 3.03. The molecule has 86 valence electrons. The van der Waals surface area contributed by atoms with Crippen molar-refractivity contribution in [3.8, 4) is 0 Å². The van der Waals surface area contributed by atoms with Crippen LogP contribution >= 0.6 is 0 Å². The molecule has 1 heterocycles. The molecule has 0 bridgehead atoms. The first-order valence-electron chi connectivity index (χ1n) is 5.52. The van der Waals surface area contributed by atoms with E-state index in [-0.39, 0.29) is 5.69 Å². The first-order valence-corrected chi connectivity index (χ1v) is 5.52. The molecule has 0 atom stereocenters. The highest BCUT2D eigenvalue weighted by Crippen LogP contribution is 2.32. The van der Waals surface area contributed by atoms with Crippen molar-refractivity contribution in [1.82, 2.24) is 4.98 Å². The monoisotopic (exact) mass is 221 g/mol. The minimum atomic E-state index is -0.999. The number of carboxylic acid groups (broad SMARTS) is 1. The number of rotatable bonds is 6. The second-order valence-electron chi connectivity index (χ2n) is 4.10. The lowest BCUT2D eigenvalue weighted by Crippen LogP contribution is -2.07. The number of carboxylic acids is 1. The summed E-state index contributed by atoms with van der Waals surface area (Å²) < 4.78 is 5.46.